The van der Waals surface area contributed by atoms with Crippen molar-refractivity contribution in [1.82, 2.24) is 14.8 Å². The number of aromatic nitrogens is 3. The Hall–Kier alpha value is -1.27. The predicted molar refractivity (Wildman–Crippen MR) is 84.9 cm³/mol. The van der Waals surface area contributed by atoms with Gasteiger partial charge in [-0.25, -0.2) is 9.67 Å². The molecule has 5 nitrogen and oxygen atoms in total. The van der Waals surface area contributed by atoms with E-state index >= 15 is 0 Å². The van der Waals surface area contributed by atoms with Gasteiger partial charge in [0, 0.05) is 12.4 Å². The summed E-state index contributed by atoms with van der Waals surface area (Å²) in [5.41, 5.74) is 0.960. The van der Waals surface area contributed by atoms with Crippen LogP contribution in [0.15, 0.2) is 22.9 Å². The quantitative estimate of drug-likeness (QED) is 0.692. The molecule has 2 rings (SSSR count). The van der Waals surface area contributed by atoms with Gasteiger partial charge < -0.3 is 9.47 Å². The van der Waals surface area contributed by atoms with E-state index in [1.807, 2.05) is 16.8 Å². The number of ether oxygens (including phenoxy) is 2. The van der Waals surface area contributed by atoms with E-state index in [0.29, 0.717) is 24.0 Å². The van der Waals surface area contributed by atoms with Crippen molar-refractivity contribution in [3.8, 4) is 11.5 Å². The maximum Gasteiger partial charge on any atom is 0.176 e. The molecule has 1 aromatic carbocycles. The molecule has 7 heteroatoms. The molecule has 0 aliphatic rings. The molecule has 0 bridgehead atoms. The number of halogens is 2. The van der Waals surface area contributed by atoms with Gasteiger partial charge in [0.2, 0.25) is 0 Å². The zero-order chi connectivity index (χ0) is 15.2. The maximum absolute atomic E-state index is 5.86. The van der Waals surface area contributed by atoms with Crippen LogP contribution in [0.3, 0.4) is 0 Å². The number of aryl methyl sites for hydroxylation is 1. The molecule has 0 aliphatic carbocycles. The van der Waals surface area contributed by atoms with E-state index in [2.05, 4.69) is 32.9 Å². The Morgan fingerprint density at radius 2 is 2.19 bits per heavy atom. The molecule has 0 aliphatic heterocycles. The lowest BCUT2D eigenvalue weighted by Gasteiger charge is -2.14. The first-order valence-corrected chi connectivity index (χ1v) is 7.94. The number of rotatable bonds is 7. The first kappa shape index (κ1) is 16.1. The Bertz CT molecular complexity index is 604. The predicted octanol–water partition coefficient (Wildman–Crippen LogP) is 3.78. The highest BCUT2D eigenvalue weighted by Gasteiger charge is 2.13. The molecule has 114 valence electrons. The van der Waals surface area contributed by atoms with Gasteiger partial charge in [-0.05, 0) is 40.0 Å². The number of benzene rings is 1. The molecule has 0 atom stereocenters. The number of hydrogen-bond donors (Lipinski definition) is 0. The van der Waals surface area contributed by atoms with Crippen LogP contribution in [0.1, 0.15) is 24.7 Å². The molecule has 21 heavy (non-hydrogen) atoms. The second-order valence-electron chi connectivity index (χ2n) is 4.43. The lowest BCUT2D eigenvalue weighted by atomic mass is 10.2. The molecule has 0 spiro atoms. The van der Waals surface area contributed by atoms with E-state index in [4.69, 9.17) is 21.1 Å². The smallest absolute Gasteiger partial charge is 0.176 e. The van der Waals surface area contributed by atoms with E-state index in [9.17, 15) is 0 Å². The van der Waals surface area contributed by atoms with Gasteiger partial charge in [-0.3, -0.25) is 0 Å². The van der Waals surface area contributed by atoms with Crippen LogP contribution in [0.2, 0.25) is 0 Å². The molecule has 1 heterocycles. The van der Waals surface area contributed by atoms with Crippen LogP contribution in [0.5, 0.6) is 11.5 Å². The third-order valence-corrected chi connectivity index (χ3v) is 3.82. The lowest BCUT2D eigenvalue weighted by Crippen LogP contribution is -2.09. The van der Waals surface area contributed by atoms with Gasteiger partial charge in [0.25, 0.3) is 0 Å². The lowest BCUT2D eigenvalue weighted by molar-refractivity contribution is 0.267. The summed E-state index contributed by atoms with van der Waals surface area (Å²) in [6, 6.07) is 3.78. The summed E-state index contributed by atoms with van der Waals surface area (Å²) in [4.78, 5) is 4.22. The number of hydrogen-bond acceptors (Lipinski definition) is 4. The van der Waals surface area contributed by atoms with Crippen molar-refractivity contribution in [3.63, 3.8) is 0 Å². The Balaban J connectivity index is 2.17. The SMILES string of the molecule is CCCn1ncnc1COc1c(Br)cc(CCl)cc1OC. The zero-order valence-corrected chi connectivity index (χ0v) is 14.3. The summed E-state index contributed by atoms with van der Waals surface area (Å²) < 4.78 is 13.9. The van der Waals surface area contributed by atoms with Gasteiger partial charge in [-0.1, -0.05) is 6.92 Å². The Kier molecular flexibility index (Phi) is 5.87. The number of alkyl halides is 1. The minimum atomic E-state index is 0.329. The fourth-order valence-electron chi connectivity index (χ4n) is 1.93. The maximum atomic E-state index is 5.86. The monoisotopic (exact) mass is 373 g/mol. The highest BCUT2D eigenvalue weighted by Crippen LogP contribution is 2.37. The van der Waals surface area contributed by atoms with Gasteiger partial charge in [0.15, 0.2) is 17.3 Å². The molecule has 0 N–H and O–H groups in total. The van der Waals surface area contributed by atoms with Crippen LogP contribution in [0, 0.1) is 0 Å². The van der Waals surface area contributed by atoms with E-state index in [1.54, 1.807) is 7.11 Å². The van der Waals surface area contributed by atoms with Gasteiger partial charge in [-0.2, -0.15) is 5.10 Å². The van der Waals surface area contributed by atoms with Crippen LogP contribution >= 0.6 is 27.5 Å². The van der Waals surface area contributed by atoms with Crippen molar-refractivity contribution in [3.05, 3.63) is 34.3 Å². The Morgan fingerprint density at radius 3 is 2.86 bits per heavy atom. The minimum Gasteiger partial charge on any atom is -0.493 e. The first-order valence-electron chi connectivity index (χ1n) is 6.61. The standard InChI is InChI=1S/C14H17BrClN3O2/c1-3-4-19-13(17-9-18-19)8-21-14-11(15)5-10(7-16)6-12(14)20-2/h5-6,9H,3-4,7-8H2,1-2H3. The zero-order valence-electron chi connectivity index (χ0n) is 12.0. The molecule has 0 radical (unpaired) electrons. The highest BCUT2D eigenvalue weighted by atomic mass is 79.9. The van der Waals surface area contributed by atoms with Crippen molar-refractivity contribution in [2.75, 3.05) is 7.11 Å². The van der Waals surface area contributed by atoms with Gasteiger partial charge in [-0.15, -0.1) is 11.6 Å². The van der Waals surface area contributed by atoms with Crippen LogP contribution in [-0.4, -0.2) is 21.9 Å². The Labute approximate surface area is 137 Å². The fraction of sp³-hybridized carbons (Fsp3) is 0.429. The Morgan fingerprint density at radius 1 is 1.38 bits per heavy atom. The normalized spacial score (nSPS) is 10.7. The molecule has 0 fully saturated rings. The van der Waals surface area contributed by atoms with Crippen molar-refractivity contribution in [2.45, 2.75) is 32.4 Å². The van der Waals surface area contributed by atoms with Crippen LogP contribution < -0.4 is 9.47 Å². The second-order valence-corrected chi connectivity index (χ2v) is 5.55. The molecule has 0 saturated carbocycles. The average molecular weight is 375 g/mol. The van der Waals surface area contributed by atoms with E-state index in [-0.39, 0.29) is 0 Å². The van der Waals surface area contributed by atoms with Crippen LogP contribution in [-0.2, 0) is 19.0 Å². The highest BCUT2D eigenvalue weighted by molar-refractivity contribution is 9.10. The van der Waals surface area contributed by atoms with Gasteiger partial charge >= 0.3 is 0 Å². The summed E-state index contributed by atoms with van der Waals surface area (Å²) in [7, 11) is 1.60. The van der Waals surface area contributed by atoms with Crippen LogP contribution in [0.4, 0.5) is 0 Å². The summed E-state index contributed by atoms with van der Waals surface area (Å²) in [6.07, 6.45) is 2.53. The summed E-state index contributed by atoms with van der Waals surface area (Å²) >= 11 is 9.34. The van der Waals surface area contributed by atoms with Crippen molar-refractivity contribution in [1.29, 1.82) is 0 Å². The van der Waals surface area contributed by atoms with Crippen molar-refractivity contribution in [2.24, 2.45) is 0 Å². The fourth-order valence-corrected chi connectivity index (χ4v) is 2.68. The van der Waals surface area contributed by atoms with E-state index in [1.165, 1.54) is 6.33 Å². The van der Waals surface area contributed by atoms with Crippen LogP contribution in [0.25, 0.3) is 0 Å². The number of methoxy groups -OCH3 is 1. The van der Waals surface area contributed by atoms with E-state index < -0.39 is 0 Å². The van der Waals surface area contributed by atoms with E-state index in [0.717, 1.165) is 28.8 Å². The summed E-state index contributed by atoms with van der Waals surface area (Å²) in [6.45, 7) is 3.24. The second kappa shape index (κ2) is 7.66. The molecule has 2 aromatic rings. The summed E-state index contributed by atoms with van der Waals surface area (Å²) in [5, 5.41) is 4.18. The largest absolute Gasteiger partial charge is 0.493 e. The molecule has 0 saturated heterocycles. The minimum absolute atomic E-state index is 0.329. The molecule has 0 unspecified atom stereocenters. The third kappa shape index (κ3) is 3.89. The third-order valence-electron chi connectivity index (χ3n) is 2.92. The van der Waals surface area contributed by atoms with Crippen molar-refractivity contribution < 1.29 is 9.47 Å². The first-order chi connectivity index (χ1) is 10.2. The van der Waals surface area contributed by atoms with Crippen molar-refractivity contribution >= 4 is 27.5 Å². The van der Waals surface area contributed by atoms with Gasteiger partial charge in [0.05, 0.1) is 11.6 Å². The molecule has 0 amide bonds. The average Bonchev–Trinajstić information content (AvgIpc) is 2.93. The topological polar surface area (TPSA) is 49.2 Å². The summed E-state index contributed by atoms with van der Waals surface area (Å²) in [5.74, 6) is 2.48. The molecular weight excluding hydrogens is 358 g/mol. The van der Waals surface area contributed by atoms with Gasteiger partial charge in [0.1, 0.15) is 12.9 Å². The number of nitrogens with zero attached hydrogens (tertiary/aromatic N) is 3. The molecular formula is C14H17BrClN3O2. The molecule has 1 aromatic heterocycles.